The fourth-order valence-corrected chi connectivity index (χ4v) is 3.63. The van der Waals surface area contributed by atoms with E-state index in [-0.39, 0.29) is 11.3 Å². The third kappa shape index (κ3) is 4.01. The van der Waals surface area contributed by atoms with Gasteiger partial charge in [0.15, 0.2) is 12.0 Å². The molecule has 8 heteroatoms. The SMILES string of the molecule is Cc1ccc(-c2c(C=O)c(-c3nnc(C(C)(C)C)o3)nn2-c2ccc(Cl)cc2Cl)cc1. The van der Waals surface area contributed by atoms with Crippen LogP contribution in [0.4, 0.5) is 0 Å². The summed E-state index contributed by atoms with van der Waals surface area (Å²) in [5, 5.41) is 13.9. The molecule has 0 atom stereocenters. The van der Waals surface area contributed by atoms with E-state index in [4.69, 9.17) is 27.6 Å². The summed E-state index contributed by atoms with van der Waals surface area (Å²) in [7, 11) is 0. The lowest BCUT2D eigenvalue weighted by molar-refractivity contribution is 0.112. The van der Waals surface area contributed by atoms with E-state index in [0.717, 1.165) is 17.4 Å². The smallest absolute Gasteiger partial charge is 0.269 e. The van der Waals surface area contributed by atoms with Crippen molar-refractivity contribution in [1.29, 1.82) is 0 Å². The molecule has 0 radical (unpaired) electrons. The Labute approximate surface area is 189 Å². The number of hydrogen-bond acceptors (Lipinski definition) is 5. The van der Waals surface area contributed by atoms with Crippen molar-refractivity contribution < 1.29 is 9.21 Å². The van der Waals surface area contributed by atoms with Gasteiger partial charge >= 0.3 is 0 Å². The Morgan fingerprint density at radius 3 is 2.32 bits per heavy atom. The van der Waals surface area contributed by atoms with Gasteiger partial charge in [0.2, 0.25) is 5.89 Å². The molecule has 0 bridgehead atoms. The summed E-state index contributed by atoms with van der Waals surface area (Å²) < 4.78 is 7.49. The Hall–Kier alpha value is -2.96. The molecule has 0 N–H and O–H groups in total. The fraction of sp³-hybridized carbons (Fsp3) is 0.217. The van der Waals surface area contributed by atoms with Crippen molar-refractivity contribution in [3.8, 4) is 28.5 Å². The summed E-state index contributed by atoms with van der Waals surface area (Å²) in [6.07, 6.45) is 0.749. The summed E-state index contributed by atoms with van der Waals surface area (Å²) in [5.74, 6) is 0.625. The zero-order valence-corrected chi connectivity index (χ0v) is 19.0. The summed E-state index contributed by atoms with van der Waals surface area (Å²) in [6, 6.07) is 12.9. The van der Waals surface area contributed by atoms with E-state index in [1.54, 1.807) is 22.9 Å². The maximum Gasteiger partial charge on any atom is 0.269 e. The number of hydrogen-bond donors (Lipinski definition) is 0. The van der Waals surface area contributed by atoms with Crippen LogP contribution < -0.4 is 0 Å². The number of aldehydes is 1. The maximum absolute atomic E-state index is 12.3. The number of carbonyl (C=O) groups excluding carboxylic acids is 1. The van der Waals surface area contributed by atoms with Crippen LogP contribution in [0.5, 0.6) is 0 Å². The average molecular weight is 455 g/mol. The molecular weight excluding hydrogens is 435 g/mol. The van der Waals surface area contributed by atoms with Crippen LogP contribution in [0.2, 0.25) is 10.0 Å². The molecule has 0 fully saturated rings. The van der Waals surface area contributed by atoms with Gasteiger partial charge in [0.25, 0.3) is 5.89 Å². The summed E-state index contributed by atoms with van der Waals surface area (Å²) in [4.78, 5) is 12.3. The molecule has 4 aromatic rings. The van der Waals surface area contributed by atoms with Crippen LogP contribution in [-0.2, 0) is 5.41 Å². The van der Waals surface area contributed by atoms with Gasteiger partial charge in [0, 0.05) is 16.0 Å². The van der Waals surface area contributed by atoms with E-state index < -0.39 is 0 Å². The Morgan fingerprint density at radius 2 is 1.74 bits per heavy atom. The lowest BCUT2D eigenvalue weighted by Crippen LogP contribution is -2.11. The molecule has 6 nitrogen and oxygen atoms in total. The minimum Gasteiger partial charge on any atom is -0.419 e. The Bertz CT molecular complexity index is 1270. The molecule has 0 aliphatic rings. The fourth-order valence-electron chi connectivity index (χ4n) is 3.14. The van der Waals surface area contributed by atoms with Crippen LogP contribution in [0.1, 0.15) is 42.6 Å². The van der Waals surface area contributed by atoms with Crippen molar-refractivity contribution in [2.75, 3.05) is 0 Å². The lowest BCUT2D eigenvalue weighted by Gasteiger charge is -2.10. The number of aryl methyl sites for hydroxylation is 1. The highest BCUT2D eigenvalue weighted by molar-refractivity contribution is 6.35. The largest absolute Gasteiger partial charge is 0.419 e. The van der Waals surface area contributed by atoms with E-state index in [9.17, 15) is 4.79 Å². The summed E-state index contributed by atoms with van der Waals surface area (Å²) in [5.41, 5.74) is 3.33. The van der Waals surface area contributed by atoms with Crippen molar-refractivity contribution in [3.63, 3.8) is 0 Å². The number of rotatable bonds is 4. The number of carbonyl (C=O) groups is 1. The zero-order chi connectivity index (χ0) is 22.3. The monoisotopic (exact) mass is 454 g/mol. The van der Waals surface area contributed by atoms with Crippen molar-refractivity contribution in [2.24, 2.45) is 0 Å². The van der Waals surface area contributed by atoms with Crippen LogP contribution >= 0.6 is 23.2 Å². The van der Waals surface area contributed by atoms with Gasteiger partial charge in [-0.05, 0) is 25.1 Å². The molecule has 2 aromatic heterocycles. The third-order valence-electron chi connectivity index (χ3n) is 4.77. The molecule has 0 amide bonds. The number of nitrogens with zero attached hydrogens (tertiary/aromatic N) is 4. The number of aromatic nitrogens is 4. The van der Waals surface area contributed by atoms with Gasteiger partial charge in [-0.3, -0.25) is 4.79 Å². The molecule has 158 valence electrons. The predicted molar refractivity (Wildman–Crippen MR) is 121 cm³/mol. The first-order chi connectivity index (χ1) is 14.7. The Balaban J connectivity index is 2.00. The highest BCUT2D eigenvalue weighted by Gasteiger charge is 2.28. The van der Waals surface area contributed by atoms with Gasteiger partial charge in [-0.25, -0.2) is 4.68 Å². The molecule has 0 saturated carbocycles. The predicted octanol–water partition coefficient (Wildman–Crippen LogP) is 6.31. The highest BCUT2D eigenvalue weighted by Crippen LogP contribution is 2.36. The van der Waals surface area contributed by atoms with Gasteiger partial charge < -0.3 is 4.42 Å². The molecule has 0 spiro atoms. The summed E-state index contributed by atoms with van der Waals surface area (Å²) >= 11 is 12.6. The van der Waals surface area contributed by atoms with Crippen molar-refractivity contribution in [3.05, 3.63) is 69.5 Å². The summed E-state index contributed by atoms with van der Waals surface area (Å²) in [6.45, 7) is 7.90. The molecule has 2 heterocycles. The van der Waals surface area contributed by atoms with Crippen LogP contribution in [0.15, 0.2) is 46.9 Å². The second kappa shape index (κ2) is 7.94. The molecule has 0 aliphatic heterocycles. The van der Waals surface area contributed by atoms with Gasteiger partial charge in [0.1, 0.15) is 0 Å². The molecule has 4 rings (SSSR count). The van der Waals surface area contributed by atoms with E-state index >= 15 is 0 Å². The Kier molecular flexibility index (Phi) is 5.45. The van der Waals surface area contributed by atoms with E-state index in [2.05, 4.69) is 15.3 Å². The van der Waals surface area contributed by atoms with E-state index in [1.807, 2.05) is 52.0 Å². The standard InChI is InChI=1S/C23H20Cl2N4O2/c1-13-5-7-14(8-6-13)20-16(12-30)19(21-26-27-22(31-21)23(2,3)4)28-29(20)18-10-9-15(24)11-17(18)25/h5-12H,1-4H3. The van der Waals surface area contributed by atoms with Crippen molar-refractivity contribution in [1.82, 2.24) is 20.0 Å². The third-order valence-corrected chi connectivity index (χ3v) is 5.31. The van der Waals surface area contributed by atoms with Crippen LogP contribution in [0.3, 0.4) is 0 Å². The van der Waals surface area contributed by atoms with Gasteiger partial charge in [-0.15, -0.1) is 10.2 Å². The second-order valence-corrected chi connectivity index (χ2v) is 9.11. The quantitative estimate of drug-likeness (QED) is 0.337. The minimum absolute atomic E-state index is 0.171. The van der Waals surface area contributed by atoms with Crippen molar-refractivity contribution in [2.45, 2.75) is 33.1 Å². The van der Waals surface area contributed by atoms with Crippen LogP contribution in [-0.4, -0.2) is 26.3 Å². The molecule has 2 aromatic carbocycles. The van der Waals surface area contributed by atoms with E-state index in [0.29, 0.717) is 38.6 Å². The topological polar surface area (TPSA) is 73.8 Å². The second-order valence-electron chi connectivity index (χ2n) is 8.26. The Morgan fingerprint density at radius 1 is 1.03 bits per heavy atom. The lowest BCUT2D eigenvalue weighted by atomic mass is 9.97. The zero-order valence-electron chi connectivity index (χ0n) is 17.5. The van der Waals surface area contributed by atoms with Gasteiger partial charge in [-0.2, -0.15) is 5.10 Å². The molecular formula is C23H20Cl2N4O2. The molecule has 0 saturated heterocycles. The minimum atomic E-state index is -0.339. The van der Waals surface area contributed by atoms with Gasteiger partial charge in [0.05, 0.1) is 22.0 Å². The number of halogens is 2. The molecule has 0 aliphatic carbocycles. The molecule has 0 unspecified atom stereocenters. The van der Waals surface area contributed by atoms with Crippen LogP contribution in [0, 0.1) is 6.92 Å². The first-order valence-electron chi connectivity index (χ1n) is 9.64. The van der Waals surface area contributed by atoms with Crippen LogP contribution in [0.25, 0.3) is 28.5 Å². The average Bonchev–Trinajstić information content (AvgIpc) is 3.33. The maximum atomic E-state index is 12.3. The van der Waals surface area contributed by atoms with Crippen molar-refractivity contribution >= 4 is 29.5 Å². The highest BCUT2D eigenvalue weighted by atomic mass is 35.5. The molecule has 31 heavy (non-hydrogen) atoms. The van der Waals surface area contributed by atoms with E-state index in [1.165, 1.54) is 0 Å². The van der Waals surface area contributed by atoms with Gasteiger partial charge in [-0.1, -0.05) is 73.8 Å². The number of benzene rings is 2. The first-order valence-corrected chi connectivity index (χ1v) is 10.4. The normalized spacial score (nSPS) is 11.7. The first kappa shape index (κ1) is 21.3.